The Morgan fingerprint density at radius 3 is 1.10 bits per heavy atom. The lowest BCUT2D eigenvalue weighted by Gasteiger charge is -2.20. The van der Waals surface area contributed by atoms with Gasteiger partial charge in [-0.15, -0.1) is 23.5 Å². The molecule has 0 fully saturated rings. The van der Waals surface area contributed by atoms with E-state index in [0.29, 0.717) is 84.9 Å². The number of ether oxygens (including phenoxy) is 4. The van der Waals surface area contributed by atoms with Crippen molar-refractivity contribution in [2.45, 2.75) is 25.7 Å². The molecule has 8 nitrogen and oxygen atoms in total. The number of rotatable bonds is 0. The summed E-state index contributed by atoms with van der Waals surface area (Å²) in [5.41, 5.74) is 6.77. The van der Waals surface area contributed by atoms with Crippen molar-refractivity contribution in [3.05, 3.63) is 127 Å². The molecule has 0 saturated heterocycles. The minimum Gasteiger partial charge on any atom is -0.507 e. The van der Waals surface area contributed by atoms with Crippen LogP contribution in [0.5, 0.6) is 23.0 Å². The number of fused-ring (bicyclic) bond motifs is 14. The molecule has 1 aliphatic carbocycles. The van der Waals surface area contributed by atoms with Crippen molar-refractivity contribution in [3.63, 3.8) is 0 Å². The summed E-state index contributed by atoms with van der Waals surface area (Å²) in [6, 6.07) is 28.0. The van der Waals surface area contributed by atoms with E-state index < -0.39 is 0 Å². The van der Waals surface area contributed by atoms with Crippen LogP contribution in [0, 0.1) is 22.7 Å². The van der Waals surface area contributed by atoms with Gasteiger partial charge in [-0.3, -0.25) is 0 Å². The zero-order chi connectivity index (χ0) is 34.7. The molecule has 2 N–H and O–H groups in total. The number of hydrogen-bond acceptors (Lipinski definition) is 10. The Kier molecular flexibility index (Phi) is 12.3. The van der Waals surface area contributed by atoms with Crippen LogP contribution in [0.25, 0.3) is 0 Å². The van der Waals surface area contributed by atoms with E-state index in [1.807, 2.05) is 72.8 Å². The fourth-order valence-corrected chi connectivity index (χ4v) is 7.84. The molecular formula is C40H38N2O6S2. The zero-order valence-corrected chi connectivity index (χ0v) is 29.3. The minimum absolute atomic E-state index is 0.240. The van der Waals surface area contributed by atoms with E-state index in [0.717, 1.165) is 44.5 Å². The van der Waals surface area contributed by atoms with Crippen LogP contribution in [0.2, 0.25) is 0 Å². The summed E-state index contributed by atoms with van der Waals surface area (Å²) < 4.78 is 24.6. The molecule has 4 aromatic carbocycles. The number of nitrogens with zero attached hydrogens (tertiary/aromatic N) is 2. The molecule has 10 bridgehead atoms. The number of phenolic OH excluding ortho intramolecular Hbond substituents is 2. The van der Waals surface area contributed by atoms with Gasteiger partial charge in [-0.1, -0.05) is 72.8 Å². The lowest BCUT2D eigenvalue weighted by atomic mass is 9.91. The number of aromatic hydroxyl groups is 2. The molecule has 0 amide bonds. The number of thioether (sulfide) groups is 2. The number of nitriles is 2. The second-order valence-corrected chi connectivity index (χ2v) is 14.1. The summed E-state index contributed by atoms with van der Waals surface area (Å²) >= 11 is 2.60. The monoisotopic (exact) mass is 706 g/mol. The highest BCUT2D eigenvalue weighted by molar-refractivity contribution is 8.07. The Hall–Kier alpha value is -4.58. The van der Waals surface area contributed by atoms with Crippen molar-refractivity contribution in [2.75, 3.05) is 51.1 Å². The van der Waals surface area contributed by atoms with E-state index in [9.17, 15) is 20.7 Å². The van der Waals surface area contributed by atoms with E-state index >= 15 is 0 Å². The Balaban J connectivity index is 1.41. The van der Waals surface area contributed by atoms with Crippen molar-refractivity contribution < 1.29 is 29.2 Å². The molecule has 3 aliphatic rings. The molecule has 10 heteroatoms. The largest absolute Gasteiger partial charge is 0.507 e. The maximum absolute atomic E-state index is 11.6. The fourth-order valence-electron chi connectivity index (χ4n) is 6.20. The Bertz CT molecular complexity index is 1720. The molecule has 0 atom stereocenters. The van der Waals surface area contributed by atoms with Crippen LogP contribution in [-0.2, 0) is 35.2 Å². The van der Waals surface area contributed by atoms with E-state index in [4.69, 9.17) is 18.9 Å². The molecule has 0 aromatic heterocycles. The molecule has 4 aromatic rings. The summed E-state index contributed by atoms with van der Waals surface area (Å²) in [6.07, 6.45) is 1.76. The highest BCUT2D eigenvalue weighted by atomic mass is 32.2. The first-order valence-electron chi connectivity index (χ1n) is 16.6. The van der Waals surface area contributed by atoms with Gasteiger partial charge in [0.15, 0.2) is 0 Å². The predicted octanol–water partition coefficient (Wildman–Crippen LogP) is 7.30. The van der Waals surface area contributed by atoms with Gasteiger partial charge in [0, 0.05) is 37.2 Å². The fraction of sp³-hybridized carbons (Fsp3) is 0.300. The van der Waals surface area contributed by atoms with Crippen LogP contribution < -0.4 is 9.47 Å². The van der Waals surface area contributed by atoms with Gasteiger partial charge in [0.2, 0.25) is 0 Å². The van der Waals surface area contributed by atoms with Gasteiger partial charge in [-0.2, -0.15) is 10.5 Å². The number of phenols is 2. The maximum atomic E-state index is 11.6. The maximum Gasteiger partial charge on any atom is 0.126 e. The van der Waals surface area contributed by atoms with Gasteiger partial charge in [0.25, 0.3) is 0 Å². The van der Waals surface area contributed by atoms with Crippen LogP contribution >= 0.6 is 23.5 Å². The van der Waals surface area contributed by atoms with Crippen LogP contribution in [0.1, 0.15) is 44.5 Å². The first-order chi connectivity index (χ1) is 24.6. The molecule has 0 spiro atoms. The van der Waals surface area contributed by atoms with E-state index in [1.165, 1.54) is 23.5 Å². The van der Waals surface area contributed by atoms with E-state index in [1.54, 1.807) is 0 Å². The number of para-hydroxylation sites is 4. The summed E-state index contributed by atoms with van der Waals surface area (Å²) in [7, 11) is 0. The van der Waals surface area contributed by atoms with Crippen LogP contribution in [0.4, 0.5) is 0 Å². The van der Waals surface area contributed by atoms with Gasteiger partial charge in [-0.05, 0) is 44.5 Å². The SMILES string of the molecule is N#C/C1=C(\C#N)SCCOCCOc2c3cccc2Cc2cccc(c2O)Cc2cccc(c2OCCOCCS1)Cc1cccc(c1O)C3. The van der Waals surface area contributed by atoms with Crippen molar-refractivity contribution in [2.24, 2.45) is 0 Å². The summed E-state index contributed by atoms with van der Waals surface area (Å²) in [5.74, 6) is 2.91. The third-order valence-electron chi connectivity index (χ3n) is 8.59. The molecular weight excluding hydrogens is 669 g/mol. The summed E-state index contributed by atoms with van der Waals surface area (Å²) in [5, 5.41) is 42.6. The third kappa shape index (κ3) is 8.58. The third-order valence-corrected chi connectivity index (χ3v) is 10.6. The Labute approximate surface area is 301 Å². The van der Waals surface area contributed by atoms with Gasteiger partial charge >= 0.3 is 0 Å². The summed E-state index contributed by atoms with van der Waals surface area (Å²) in [6.45, 7) is 1.96. The lowest BCUT2D eigenvalue weighted by Crippen LogP contribution is -2.12. The highest BCUT2D eigenvalue weighted by Gasteiger charge is 2.20. The second-order valence-electron chi connectivity index (χ2n) is 11.9. The van der Waals surface area contributed by atoms with E-state index in [-0.39, 0.29) is 24.7 Å². The highest BCUT2D eigenvalue weighted by Crippen LogP contribution is 2.38. The van der Waals surface area contributed by atoms with Gasteiger partial charge < -0.3 is 29.2 Å². The average molecular weight is 707 g/mol. The van der Waals surface area contributed by atoms with Crippen molar-refractivity contribution in [1.29, 1.82) is 10.5 Å². The van der Waals surface area contributed by atoms with Gasteiger partial charge in [0.05, 0.1) is 26.4 Å². The topological polar surface area (TPSA) is 125 Å². The number of hydrogen-bond donors (Lipinski definition) is 2. The van der Waals surface area contributed by atoms with Crippen LogP contribution in [0.15, 0.2) is 82.6 Å². The average Bonchev–Trinajstić information content (AvgIpc) is 3.12. The molecule has 0 radical (unpaired) electrons. The van der Waals surface area contributed by atoms with Gasteiger partial charge in [0.1, 0.15) is 58.2 Å². The van der Waals surface area contributed by atoms with Crippen molar-refractivity contribution in [1.82, 2.24) is 0 Å². The lowest BCUT2D eigenvalue weighted by molar-refractivity contribution is 0.111. The molecule has 256 valence electrons. The second kappa shape index (κ2) is 17.4. The first-order valence-corrected chi connectivity index (χ1v) is 18.5. The van der Waals surface area contributed by atoms with E-state index in [2.05, 4.69) is 12.1 Å². The zero-order valence-electron chi connectivity index (χ0n) is 27.7. The minimum atomic E-state index is 0.240. The first kappa shape index (κ1) is 35.3. The van der Waals surface area contributed by atoms with Crippen LogP contribution in [-0.4, -0.2) is 61.4 Å². The standard InChI is InChI=1S/C40H38N2O6S2/c41-25-35-36(26-42)50-20-18-46-14-16-48-40-32-10-4-12-34(40)24-30-8-2-7-29(38(30)44)23-33-11-3-9-31(39(33)47-15-13-45-17-19-49-35)21-27-5-1-6-28(22-32)37(27)43/h1-12,43-44H,13-24H2/b36-35-. The summed E-state index contributed by atoms with van der Waals surface area (Å²) in [4.78, 5) is 0.747. The number of allylic oxidation sites excluding steroid dienone is 2. The molecule has 7 rings (SSSR count). The molecule has 2 heterocycles. The molecule has 0 saturated carbocycles. The van der Waals surface area contributed by atoms with Crippen molar-refractivity contribution >= 4 is 23.5 Å². The molecule has 2 aliphatic heterocycles. The molecule has 0 unspecified atom stereocenters. The molecule has 50 heavy (non-hydrogen) atoms. The predicted molar refractivity (Wildman–Crippen MR) is 196 cm³/mol. The smallest absolute Gasteiger partial charge is 0.126 e. The van der Waals surface area contributed by atoms with Crippen molar-refractivity contribution in [3.8, 4) is 35.1 Å². The number of benzene rings is 4. The normalized spacial score (nSPS) is 17.7. The van der Waals surface area contributed by atoms with Crippen LogP contribution in [0.3, 0.4) is 0 Å². The Morgan fingerprint density at radius 1 is 0.460 bits per heavy atom. The van der Waals surface area contributed by atoms with Gasteiger partial charge in [-0.25, -0.2) is 0 Å². The Morgan fingerprint density at radius 2 is 0.780 bits per heavy atom. The quantitative estimate of drug-likeness (QED) is 0.169.